The zero-order chi connectivity index (χ0) is 27.1. The van der Waals surface area contributed by atoms with Gasteiger partial charge in [-0.2, -0.15) is 0 Å². The first-order valence-electron chi connectivity index (χ1n) is 12.3. The molecule has 0 aliphatic rings. The van der Waals surface area contributed by atoms with E-state index in [0.29, 0.717) is 17.2 Å². The summed E-state index contributed by atoms with van der Waals surface area (Å²) < 4.78 is 21.1. The Morgan fingerprint density at radius 1 is 0.605 bits per heavy atom. The van der Waals surface area contributed by atoms with Crippen molar-refractivity contribution in [3.8, 4) is 34.1 Å². The smallest absolute Gasteiger partial charge is 0.497 e. The highest BCUT2D eigenvalue weighted by Crippen LogP contribution is 2.36. The molecule has 0 N–H and O–H groups in total. The van der Waals surface area contributed by atoms with Crippen LogP contribution >= 0.6 is 0 Å². The minimum Gasteiger partial charge on any atom is -0.497 e. The third-order valence-electron chi connectivity index (χ3n) is 6.63. The van der Waals surface area contributed by atoms with Gasteiger partial charge in [0.1, 0.15) is 23.0 Å². The average Bonchev–Trinajstić information content (AvgIpc) is 2.93. The summed E-state index contributed by atoms with van der Waals surface area (Å²) in [5.41, 5.74) is 3.95. The fourth-order valence-electron chi connectivity index (χ4n) is 4.23. The van der Waals surface area contributed by atoms with Crippen LogP contribution in [0.15, 0.2) is 97.1 Å². The van der Waals surface area contributed by atoms with E-state index in [1.807, 2.05) is 48.5 Å². The Kier molecular flexibility index (Phi) is 8.12. The second-order valence-electron chi connectivity index (χ2n) is 9.04. The summed E-state index contributed by atoms with van der Waals surface area (Å²) >= 11 is 0. The van der Waals surface area contributed by atoms with Gasteiger partial charge in [-0.1, -0.05) is 62.4 Å². The molecule has 6 heteroatoms. The van der Waals surface area contributed by atoms with Gasteiger partial charge in [0.05, 0.1) is 7.11 Å². The highest BCUT2D eigenvalue weighted by Gasteiger charge is 2.27. The number of esters is 1. The van der Waals surface area contributed by atoms with E-state index in [9.17, 15) is 9.59 Å². The second-order valence-corrected chi connectivity index (χ2v) is 9.04. The van der Waals surface area contributed by atoms with Gasteiger partial charge in [-0.05, 0) is 77.2 Å². The molecule has 0 heterocycles. The zero-order valence-corrected chi connectivity index (χ0v) is 21.9. The van der Waals surface area contributed by atoms with Gasteiger partial charge in [0.15, 0.2) is 0 Å². The van der Waals surface area contributed by atoms with Crippen molar-refractivity contribution in [3.63, 3.8) is 0 Å². The quantitative estimate of drug-likeness (QED) is 0.138. The SMILES string of the molecule is CCC(C)(c1ccc(OC)cc1)c1ccc(OC(=O)Oc2ccc(-c3ccc(OC(C)=O)cc3)cc2)cc1. The molecule has 4 aromatic rings. The molecule has 0 fully saturated rings. The van der Waals surface area contributed by atoms with Crippen molar-refractivity contribution in [3.05, 3.63) is 108 Å². The lowest BCUT2D eigenvalue weighted by molar-refractivity contribution is -0.131. The van der Waals surface area contributed by atoms with E-state index in [1.165, 1.54) is 12.5 Å². The molecule has 1 atom stereocenters. The van der Waals surface area contributed by atoms with Crippen LogP contribution in [-0.2, 0) is 10.2 Å². The minimum absolute atomic E-state index is 0.201. The molecule has 38 heavy (non-hydrogen) atoms. The first kappa shape index (κ1) is 26.5. The van der Waals surface area contributed by atoms with Gasteiger partial charge < -0.3 is 18.9 Å². The molecule has 0 spiro atoms. The van der Waals surface area contributed by atoms with Crippen LogP contribution in [0, 0.1) is 0 Å². The van der Waals surface area contributed by atoms with E-state index >= 15 is 0 Å². The van der Waals surface area contributed by atoms with Crippen molar-refractivity contribution in [1.82, 2.24) is 0 Å². The normalized spacial score (nSPS) is 12.2. The Morgan fingerprint density at radius 2 is 0.974 bits per heavy atom. The minimum atomic E-state index is -0.815. The second kappa shape index (κ2) is 11.6. The van der Waals surface area contributed by atoms with Gasteiger partial charge in [-0.25, -0.2) is 4.79 Å². The van der Waals surface area contributed by atoms with Gasteiger partial charge in [-0.15, -0.1) is 0 Å². The number of ether oxygens (including phenoxy) is 4. The molecule has 0 saturated carbocycles. The molecular formula is C32H30O6. The molecule has 4 aromatic carbocycles. The lowest BCUT2D eigenvalue weighted by atomic mass is 9.74. The van der Waals surface area contributed by atoms with Gasteiger partial charge in [-0.3, -0.25) is 4.79 Å². The summed E-state index contributed by atoms with van der Waals surface area (Å²) in [6, 6.07) is 29.8. The molecule has 0 saturated heterocycles. The van der Waals surface area contributed by atoms with E-state index in [1.54, 1.807) is 43.5 Å². The summed E-state index contributed by atoms with van der Waals surface area (Å²) in [5.74, 6) is 1.70. The van der Waals surface area contributed by atoms with Crippen molar-refractivity contribution in [1.29, 1.82) is 0 Å². The van der Waals surface area contributed by atoms with Gasteiger partial charge >= 0.3 is 12.1 Å². The molecule has 0 aromatic heterocycles. The molecular weight excluding hydrogens is 480 g/mol. The van der Waals surface area contributed by atoms with Crippen LogP contribution < -0.4 is 18.9 Å². The summed E-state index contributed by atoms with van der Waals surface area (Å²) in [7, 11) is 1.65. The van der Waals surface area contributed by atoms with E-state index in [2.05, 4.69) is 26.0 Å². The monoisotopic (exact) mass is 510 g/mol. The highest BCUT2D eigenvalue weighted by atomic mass is 16.7. The van der Waals surface area contributed by atoms with Gasteiger partial charge in [0, 0.05) is 12.3 Å². The topological polar surface area (TPSA) is 71.1 Å². The maximum atomic E-state index is 12.4. The van der Waals surface area contributed by atoms with E-state index in [-0.39, 0.29) is 11.4 Å². The van der Waals surface area contributed by atoms with Crippen molar-refractivity contribution in [2.45, 2.75) is 32.6 Å². The summed E-state index contributed by atoms with van der Waals surface area (Å²) in [4.78, 5) is 23.5. The Bertz CT molecular complexity index is 1370. The standard InChI is InChI=1S/C32H30O6/c1-5-32(3,25-10-18-27(35-4)19-11-25)26-12-20-30(21-13-26)38-31(34)37-29-16-8-24(9-17-29)23-6-14-28(15-7-23)36-22(2)33/h6-21H,5H2,1-4H3. The van der Waals surface area contributed by atoms with Crippen LogP contribution in [0.3, 0.4) is 0 Å². The number of benzene rings is 4. The number of rotatable bonds is 8. The first-order chi connectivity index (χ1) is 18.3. The number of hydrogen-bond donors (Lipinski definition) is 0. The highest BCUT2D eigenvalue weighted by molar-refractivity contribution is 5.71. The summed E-state index contributed by atoms with van der Waals surface area (Å²) in [5, 5.41) is 0. The maximum Gasteiger partial charge on any atom is 0.519 e. The number of hydrogen-bond acceptors (Lipinski definition) is 6. The van der Waals surface area contributed by atoms with Crippen molar-refractivity contribution >= 4 is 12.1 Å². The molecule has 0 radical (unpaired) electrons. The number of carbonyl (C=O) groups excluding carboxylic acids is 2. The van der Waals surface area contributed by atoms with Gasteiger partial charge in [0.25, 0.3) is 0 Å². The van der Waals surface area contributed by atoms with Crippen LogP contribution in [0.2, 0.25) is 0 Å². The molecule has 0 amide bonds. The van der Waals surface area contributed by atoms with Gasteiger partial charge in [0.2, 0.25) is 0 Å². The number of methoxy groups -OCH3 is 1. The van der Waals surface area contributed by atoms with Crippen LogP contribution in [0.25, 0.3) is 11.1 Å². The molecule has 0 aliphatic carbocycles. The third kappa shape index (κ3) is 6.21. The van der Waals surface area contributed by atoms with Crippen LogP contribution in [0.4, 0.5) is 4.79 Å². The Morgan fingerprint density at radius 3 is 1.34 bits per heavy atom. The average molecular weight is 511 g/mol. The molecule has 0 aliphatic heterocycles. The van der Waals surface area contributed by atoms with Crippen molar-refractivity contribution in [2.75, 3.05) is 7.11 Å². The van der Waals surface area contributed by atoms with Crippen LogP contribution in [0.1, 0.15) is 38.3 Å². The predicted octanol–water partition coefficient (Wildman–Crippen LogP) is 7.58. The lowest BCUT2D eigenvalue weighted by Gasteiger charge is -2.30. The number of carbonyl (C=O) groups is 2. The van der Waals surface area contributed by atoms with Crippen molar-refractivity contribution in [2.24, 2.45) is 0 Å². The Balaban J connectivity index is 1.37. The zero-order valence-electron chi connectivity index (χ0n) is 21.9. The van der Waals surface area contributed by atoms with Crippen molar-refractivity contribution < 1.29 is 28.5 Å². The molecule has 6 nitrogen and oxygen atoms in total. The molecule has 1 unspecified atom stereocenters. The lowest BCUT2D eigenvalue weighted by Crippen LogP contribution is -2.22. The molecule has 4 rings (SSSR count). The fraction of sp³-hybridized carbons (Fsp3) is 0.188. The maximum absolute atomic E-state index is 12.4. The molecule has 0 bridgehead atoms. The third-order valence-corrected chi connectivity index (χ3v) is 6.63. The first-order valence-corrected chi connectivity index (χ1v) is 12.3. The van der Waals surface area contributed by atoms with E-state index in [0.717, 1.165) is 28.9 Å². The predicted molar refractivity (Wildman–Crippen MR) is 146 cm³/mol. The summed E-state index contributed by atoms with van der Waals surface area (Å²) in [6.07, 6.45) is 0.0816. The van der Waals surface area contributed by atoms with E-state index < -0.39 is 6.16 Å². The summed E-state index contributed by atoms with van der Waals surface area (Å²) in [6.45, 7) is 5.70. The molecule has 194 valence electrons. The van der Waals surface area contributed by atoms with Crippen LogP contribution in [-0.4, -0.2) is 19.2 Å². The Labute approximate surface area is 222 Å². The van der Waals surface area contributed by atoms with E-state index in [4.69, 9.17) is 18.9 Å². The largest absolute Gasteiger partial charge is 0.519 e. The fourth-order valence-corrected chi connectivity index (χ4v) is 4.23. The Hall–Kier alpha value is -4.58. The van der Waals surface area contributed by atoms with Crippen LogP contribution in [0.5, 0.6) is 23.0 Å².